The van der Waals surface area contributed by atoms with Gasteiger partial charge in [0.25, 0.3) is 0 Å². The molecule has 1 aromatic rings. The number of benzene rings is 1. The fourth-order valence-electron chi connectivity index (χ4n) is 2.60. The Bertz CT molecular complexity index is 488. The normalized spacial score (nSPS) is 16.0. The number of carbonyl (C=O) groups excluding carboxylic acids is 2. The third-order valence-electron chi connectivity index (χ3n) is 4.08. The molecule has 0 aromatic heterocycles. The standard InChI is InChI=1S/C17H24N2O2/c1-3-14-5-7-15(8-6-14)16(20)13-18-9-11-19(12-10-18)17(21)4-2/h5-8H,3-4,9-13H2,1-2H3. The maximum atomic E-state index is 12.3. The van der Waals surface area contributed by atoms with E-state index in [1.165, 1.54) is 5.56 Å². The van der Waals surface area contributed by atoms with E-state index < -0.39 is 0 Å². The van der Waals surface area contributed by atoms with Gasteiger partial charge in [-0.3, -0.25) is 14.5 Å². The van der Waals surface area contributed by atoms with Crippen molar-refractivity contribution in [3.63, 3.8) is 0 Å². The monoisotopic (exact) mass is 288 g/mol. The van der Waals surface area contributed by atoms with Crippen LogP contribution in [0.5, 0.6) is 0 Å². The molecule has 0 spiro atoms. The molecule has 1 aromatic carbocycles. The molecule has 1 aliphatic heterocycles. The molecule has 1 saturated heterocycles. The van der Waals surface area contributed by atoms with Gasteiger partial charge in [0.1, 0.15) is 0 Å². The van der Waals surface area contributed by atoms with E-state index in [-0.39, 0.29) is 11.7 Å². The lowest BCUT2D eigenvalue weighted by molar-refractivity contribution is -0.132. The number of hydrogen-bond donors (Lipinski definition) is 0. The Morgan fingerprint density at radius 1 is 1.00 bits per heavy atom. The minimum atomic E-state index is 0.160. The zero-order chi connectivity index (χ0) is 15.2. The molecular formula is C17H24N2O2. The van der Waals surface area contributed by atoms with Gasteiger partial charge < -0.3 is 4.90 Å². The highest BCUT2D eigenvalue weighted by Gasteiger charge is 2.21. The number of piperazine rings is 1. The molecule has 0 radical (unpaired) electrons. The van der Waals surface area contributed by atoms with Gasteiger partial charge in [0.15, 0.2) is 5.78 Å². The molecule has 2 rings (SSSR count). The summed E-state index contributed by atoms with van der Waals surface area (Å²) in [6, 6.07) is 7.87. The van der Waals surface area contributed by atoms with Gasteiger partial charge in [0.05, 0.1) is 6.54 Å². The first kappa shape index (κ1) is 15.7. The van der Waals surface area contributed by atoms with Crippen LogP contribution in [0.25, 0.3) is 0 Å². The van der Waals surface area contributed by atoms with E-state index in [9.17, 15) is 9.59 Å². The second-order valence-electron chi connectivity index (χ2n) is 5.48. The fraction of sp³-hybridized carbons (Fsp3) is 0.529. The van der Waals surface area contributed by atoms with Crippen LogP contribution in [-0.2, 0) is 11.2 Å². The number of hydrogen-bond acceptors (Lipinski definition) is 3. The number of ketones is 1. The van der Waals surface area contributed by atoms with E-state index in [0.29, 0.717) is 13.0 Å². The summed E-state index contributed by atoms with van der Waals surface area (Å²) in [6.45, 7) is 7.46. The SMILES string of the molecule is CCC(=O)N1CCN(CC(=O)c2ccc(CC)cc2)CC1. The van der Waals surface area contributed by atoms with Gasteiger partial charge in [-0.1, -0.05) is 38.1 Å². The molecule has 0 unspecified atom stereocenters. The largest absolute Gasteiger partial charge is 0.340 e. The van der Waals surface area contributed by atoms with E-state index in [1.54, 1.807) is 0 Å². The molecular weight excluding hydrogens is 264 g/mol. The lowest BCUT2D eigenvalue weighted by Gasteiger charge is -2.34. The molecule has 1 aliphatic rings. The molecule has 1 fully saturated rings. The quantitative estimate of drug-likeness (QED) is 0.778. The minimum absolute atomic E-state index is 0.160. The fourth-order valence-corrected chi connectivity index (χ4v) is 2.60. The summed E-state index contributed by atoms with van der Waals surface area (Å²) in [7, 11) is 0. The van der Waals surface area contributed by atoms with Crippen molar-refractivity contribution in [1.29, 1.82) is 0 Å². The Morgan fingerprint density at radius 2 is 1.62 bits per heavy atom. The number of carbonyl (C=O) groups is 2. The molecule has 4 heteroatoms. The number of Topliss-reactive ketones (excluding diaryl/α,β-unsaturated/α-hetero) is 1. The Kier molecular flexibility index (Phi) is 5.51. The summed E-state index contributed by atoms with van der Waals surface area (Å²) in [5.74, 6) is 0.365. The maximum Gasteiger partial charge on any atom is 0.222 e. The van der Waals surface area contributed by atoms with Crippen molar-refractivity contribution >= 4 is 11.7 Å². The van der Waals surface area contributed by atoms with Gasteiger partial charge >= 0.3 is 0 Å². The first-order valence-corrected chi connectivity index (χ1v) is 7.76. The van der Waals surface area contributed by atoms with Gasteiger partial charge in [0, 0.05) is 38.2 Å². The van der Waals surface area contributed by atoms with Crippen molar-refractivity contribution < 1.29 is 9.59 Å². The maximum absolute atomic E-state index is 12.3. The van der Waals surface area contributed by atoms with Crippen LogP contribution in [-0.4, -0.2) is 54.2 Å². The molecule has 0 saturated carbocycles. The number of rotatable bonds is 5. The Labute approximate surface area is 126 Å². The van der Waals surface area contributed by atoms with Crippen molar-refractivity contribution in [2.24, 2.45) is 0 Å². The molecule has 0 aliphatic carbocycles. The predicted molar refractivity (Wildman–Crippen MR) is 83.5 cm³/mol. The van der Waals surface area contributed by atoms with E-state index in [2.05, 4.69) is 11.8 Å². The van der Waals surface area contributed by atoms with Gasteiger partial charge in [0.2, 0.25) is 5.91 Å². The molecule has 4 nitrogen and oxygen atoms in total. The van der Waals surface area contributed by atoms with Gasteiger partial charge in [-0.2, -0.15) is 0 Å². The molecule has 0 bridgehead atoms. The zero-order valence-electron chi connectivity index (χ0n) is 13.0. The molecule has 114 valence electrons. The molecule has 0 N–H and O–H groups in total. The highest BCUT2D eigenvalue weighted by Crippen LogP contribution is 2.09. The summed E-state index contributed by atoms with van der Waals surface area (Å²) < 4.78 is 0. The van der Waals surface area contributed by atoms with Crippen molar-refractivity contribution in [3.8, 4) is 0 Å². The van der Waals surface area contributed by atoms with Crippen LogP contribution in [0, 0.1) is 0 Å². The Hall–Kier alpha value is -1.68. The van der Waals surface area contributed by atoms with Crippen LogP contribution in [0.4, 0.5) is 0 Å². The second kappa shape index (κ2) is 7.36. The van der Waals surface area contributed by atoms with E-state index in [0.717, 1.165) is 38.2 Å². The van der Waals surface area contributed by atoms with Crippen LogP contribution in [0.3, 0.4) is 0 Å². The van der Waals surface area contributed by atoms with Crippen LogP contribution in [0.1, 0.15) is 36.2 Å². The van der Waals surface area contributed by atoms with Gasteiger partial charge in [-0.15, -0.1) is 0 Å². The first-order chi connectivity index (χ1) is 10.1. The zero-order valence-corrected chi connectivity index (χ0v) is 13.0. The van der Waals surface area contributed by atoms with E-state index in [4.69, 9.17) is 0 Å². The molecule has 0 atom stereocenters. The smallest absolute Gasteiger partial charge is 0.222 e. The van der Waals surface area contributed by atoms with Gasteiger partial charge in [-0.05, 0) is 12.0 Å². The summed E-state index contributed by atoms with van der Waals surface area (Å²) in [6.07, 6.45) is 1.55. The summed E-state index contributed by atoms with van der Waals surface area (Å²) in [4.78, 5) is 27.9. The highest BCUT2D eigenvalue weighted by molar-refractivity contribution is 5.97. The lowest BCUT2D eigenvalue weighted by Crippen LogP contribution is -2.49. The van der Waals surface area contributed by atoms with E-state index in [1.807, 2.05) is 36.1 Å². The van der Waals surface area contributed by atoms with Crippen molar-refractivity contribution in [1.82, 2.24) is 9.80 Å². The molecule has 21 heavy (non-hydrogen) atoms. The van der Waals surface area contributed by atoms with Crippen LogP contribution >= 0.6 is 0 Å². The lowest BCUT2D eigenvalue weighted by atomic mass is 10.1. The third kappa shape index (κ3) is 4.14. The highest BCUT2D eigenvalue weighted by atomic mass is 16.2. The number of aryl methyl sites for hydroxylation is 1. The van der Waals surface area contributed by atoms with Gasteiger partial charge in [-0.25, -0.2) is 0 Å². The second-order valence-corrected chi connectivity index (χ2v) is 5.48. The molecule has 1 heterocycles. The Morgan fingerprint density at radius 3 is 2.14 bits per heavy atom. The predicted octanol–water partition coefficient (Wildman–Crippen LogP) is 1.99. The number of amides is 1. The average molecular weight is 288 g/mol. The van der Waals surface area contributed by atoms with E-state index >= 15 is 0 Å². The van der Waals surface area contributed by atoms with Crippen LogP contribution in [0.2, 0.25) is 0 Å². The van der Waals surface area contributed by atoms with Crippen LogP contribution in [0.15, 0.2) is 24.3 Å². The average Bonchev–Trinajstić information content (AvgIpc) is 2.55. The van der Waals surface area contributed by atoms with Crippen molar-refractivity contribution in [2.75, 3.05) is 32.7 Å². The first-order valence-electron chi connectivity index (χ1n) is 7.76. The summed E-state index contributed by atoms with van der Waals surface area (Å²) >= 11 is 0. The summed E-state index contributed by atoms with van der Waals surface area (Å²) in [5, 5.41) is 0. The third-order valence-corrected chi connectivity index (χ3v) is 4.08. The topological polar surface area (TPSA) is 40.6 Å². The summed E-state index contributed by atoms with van der Waals surface area (Å²) in [5.41, 5.74) is 2.03. The number of nitrogens with zero attached hydrogens (tertiary/aromatic N) is 2. The minimum Gasteiger partial charge on any atom is -0.340 e. The van der Waals surface area contributed by atoms with Crippen LogP contribution < -0.4 is 0 Å². The van der Waals surface area contributed by atoms with Crippen molar-refractivity contribution in [2.45, 2.75) is 26.7 Å². The Balaban J connectivity index is 1.85. The van der Waals surface area contributed by atoms with Crippen molar-refractivity contribution in [3.05, 3.63) is 35.4 Å². The molecule has 1 amide bonds.